The van der Waals surface area contributed by atoms with Gasteiger partial charge in [0.1, 0.15) is 38.4 Å². The number of benzene rings is 2. The van der Waals surface area contributed by atoms with Crippen LogP contribution in [-0.2, 0) is 6.54 Å². The standard InChI is InChI=1S/C21H28N2O3/c1-16-5-7-18(8-6-16)23-11-9-22(10-12-23)15-17-13-19(24-2)21(26-4)20(14-17)25-3/h5-8,13-14H,9-12,15H2,1-4H3/p+2. The molecule has 0 amide bonds. The highest BCUT2D eigenvalue weighted by atomic mass is 16.5. The van der Waals surface area contributed by atoms with Crippen LogP contribution in [0.3, 0.4) is 0 Å². The molecule has 0 unspecified atom stereocenters. The zero-order chi connectivity index (χ0) is 18.5. The van der Waals surface area contributed by atoms with Gasteiger partial charge in [0.25, 0.3) is 0 Å². The number of piperazine rings is 1. The summed E-state index contributed by atoms with van der Waals surface area (Å²) in [6.45, 7) is 7.72. The Morgan fingerprint density at radius 3 is 1.88 bits per heavy atom. The molecule has 1 aliphatic rings. The maximum atomic E-state index is 5.47. The van der Waals surface area contributed by atoms with E-state index < -0.39 is 0 Å². The summed E-state index contributed by atoms with van der Waals surface area (Å²) in [6.07, 6.45) is 0. The number of ether oxygens (including phenoxy) is 3. The summed E-state index contributed by atoms with van der Waals surface area (Å²) >= 11 is 0. The summed E-state index contributed by atoms with van der Waals surface area (Å²) in [7, 11) is 4.97. The SMILES string of the molecule is COc1cc(C[NH+]2CC[NH+](c3ccc(C)cc3)CC2)cc(OC)c1OC. The number of aryl methyl sites for hydroxylation is 1. The van der Waals surface area contributed by atoms with Crippen molar-refractivity contribution in [3.05, 3.63) is 47.5 Å². The molecule has 1 fully saturated rings. The molecule has 1 heterocycles. The fraction of sp³-hybridized carbons (Fsp3) is 0.429. The molecule has 140 valence electrons. The Hall–Kier alpha value is -2.24. The largest absolute Gasteiger partial charge is 0.493 e. The van der Waals surface area contributed by atoms with Crippen LogP contribution < -0.4 is 24.0 Å². The Morgan fingerprint density at radius 1 is 0.808 bits per heavy atom. The number of rotatable bonds is 6. The van der Waals surface area contributed by atoms with Crippen molar-refractivity contribution >= 4 is 5.69 Å². The van der Waals surface area contributed by atoms with Gasteiger partial charge in [0.2, 0.25) is 5.75 Å². The Balaban J connectivity index is 1.65. The van der Waals surface area contributed by atoms with E-state index in [4.69, 9.17) is 14.2 Å². The van der Waals surface area contributed by atoms with Crippen molar-refractivity contribution in [1.82, 2.24) is 0 Å². The topological polar surface area (TPSA) is 36.6 Å². The number of quaternary nitrogens is 2. The minimum Gasteiger partial charge on any atom is -0.493 e. The molecular weight excluding hydrogens is 328 g/mol. The molecule has 2 aromatic carbocycles. The number of hydrogen-bond donors (Lipinski definition) is 2. The van der Waals surface area contributed by atoms with Crippen LogP contribution in [0, 0.1) is 6.92 Å². The quantitative estimate of drug-likeness (QED) is 0.796. The van der Waals surface area contributed by atoms with Gasteiger partial charge in [-0.2, -0.15) is 0 Å². The van der Waals surface area contributed by atoms with Crippen molar-refractivity contribution in [2.45, 2.75) is 13.5 Å². The van der Waals surface area contributed by atoms with Gasteiger partial charge in [-0.15, -0.1) is 0 Å². The second kappa shape index (κ2) is 8.43. The van der Waals surface area contributed by atoms with Crippen LogP contribution in [0.4, 0.5) is 5.69 Å². The van der Waals surface area contributed by atoms with Crippen LogP contribution in [-0.4, -0.2) is 47.5 Å². The maximum Gasteiger partial charge on any atom is 0.203 e. The monoisotopic (exact) mass is 358 g/mol. The first-order valence-electron chi connectivity index (χ1n) is 9.18. The van der Waals surface area contributed by atoms with Gasteiger partial charge in [-0.3, -0.25) is 4.90 Å². The average molecular weight is 358 g/mol. The zero-order valence-electron chi connectivity index (χ0n) is 16.2. The minimum absolute atomic E-state index is 0.655. The van der Waals surface area contributed by atoms with Gasteiger partial charge in [0.15, 0.2) is 11.5 Å². The lowest BCUT2D eigenvalue weighted by atomic mass is 10.1. The van der Waals surface area contributed by atoms with E-state index in [1.54, 1.807) is 31.1 Å². The molecule has 0 spiro atoms. The van der Waals surface area contributed by atoms with Crippen molar-refractivity contribution in [2.75, 3.05) is 47.5 Å². The first-order chi connectivity index (χ1) is 12.6. The van der Waals surface area contributed by atoms with Gasteiger partial charge in [0.05, 0.1) is 21.3 Å². The van der Waals surface area contributed by atoms with Crippen molar-refractivity contribution in [3.8, 4) is 17.2 Å². The van der Waals surface area contributed by atoms with Crippen LogP contribution in [0.2, 0.25) is 0 Å². The Morgan fingerprint density at radius 2 is 1.38 bits per heavy atom. The normalized spacial score (nSPS) is 19.8. The van der Waals surface area contributed by atoms with Gasteiger partial charge in [0, 0.05) is 5.56 Å². The van der Waals surface area contributed by atoms with Crippen molar-refractivity contribution < 1.29 is 24.0 Å². The first kappa shape index (κ1) is 18.5. The molecule has 0 atom stereocenters. The smallest absolute Gasteiger partial charge is 0.203 e. The van der Waals surface area contributed by atoms with Crippen LogP contribution in [0.15, 0.2) is 36.4 Å². The van der Waals surface area contributed by atoms with Crippen molar-refractivity contribution in [1.29, 1.82) is 0 Å². The van der Waals surface area contributed by atoms with Gasteiger partial charge >= 0.3 is 0 Å². The maximum absolute atomic E-state index is 5.47. The lowest BCUT2D eigenvalue weighted by Crippen LogP contribution is -3.25. The highest BCUT2D eigenvalue weighted by molar-refractivity contribution is 5.53. The van der Waals surface area contributed by atoms with E-state index in [0.717, 1.165) is 44.2 Å². The molecular formula is C21H30N2O3+2. The third kappa shape index (κ3) is 4.11. The second-order valence-electron chi connectivity index (χ2n) is 6.93. The summed E-state index contributed by atoms with van der Waals surface area (Å²) in [5, 5.41) is 0. The van der Waals surface area contributed by atoms with Gasteiger partial charge in [-0.05, 0) is 31.2 Å². The average Bonchev–Trinajstić information content (AvgIpc) is 2.68. The number of nitrogens with one attached hydrogen (secondary N) is 2. The van der Waals surface area contributed by atoms with Crippen molar-refractivity contribution in [3.63, 3.8) is 0 Å². The van der Waals surface area contributed by atoms with E-state index >= 15 is 0 Å². The van der Waals surface area contributed by atoms with Crippen LogP contribution in [0.1, 0.15) is 11.1 Å². The van der Waals surface area contributed by atoms with Crippen LogP contribution >= 0.6 is 0 Å². The Kier molecular flexibility index (Phi) is 6.01. The summed E-state index contributed by atoms with van der Waals surface area (Å²) in [6, 6.07) is 13.1. The summed E-state index contributed by atoms with van der Waals surface area (Å²) < 4.78 is 16.4. The second-order valence-corrected chi connectivity index (χ2v) is 6.93. The molecule has 0 bridgehead atoms. The molecule has 5 nitrogen and oxygen atoms in total. The zero-order valence-corrected chi connectivity index (χ0v) is 16.2. The van der Waals surface area contributed by atoms with E-state index in [9.17, 15) is 0 Å². The molecule has 1 saturated heterocycles. The fourth-order valence-electron chi connectivity index (χ4n) is 3.69. The molecule has 1 aliphatic heterocycles. The molecule has 0 aliphatic carbocycles. The summed E-state index contributed by atoms with van der Waals surface area (Å²) in [5.41, 5.74) is 3.94. The molecule has 2 N–H and O–H groups in total. The van der Waals surface area contributed by atoms with Gasteiger partial charge < -0.3 is 19.1 Å². The lowest BCUT2D eigenvalue weighted by Gasteiger charge is -2.29. The minimum atomic E-state index is 0.655. The molecule has 3 rings (SSSR count). The van der Waals surface area contributed by atoms with E-state index in [1.165, 1.54) is 16.8 Å². The summed E-state index contributed by atoms with van der Waals surface area (Å²) in [5.74, 6) is 2.11. The van der Waals surface area contributed by atoms with Gasteiger partial charge in [-0.1, -0.05) is 17.7 Å². The Bertz CT molecular complexity index is 698. The third-order valence-corrected chi connectivity index (χ3v) is 5.20. The first-order valence-corrected chi connectivity index (χ1v) is 9.18. The lowest BCUT2D eigenvalue weighted by molar-refractivity contribution is -0.994. The molecule has 26 heavy (non-hydrogen) atoms. The van der Waals surface area contributed by atoms with E-state index in [2.05, 4.69) is 43.3 Å². The highest BCUT2D eigenvalue weighted by Crippen LogP contribution is 2.37. The highest BCUT2D eigenvalue weighted by Gasteiger charge is 2.25. The molecule has 5 heteroatoms. The molecule has 2 aromatic rings. The molecule has 0 radical (unpaired) electrons. The fourth-order valence-corrected chi connectivity index (χ4v) is 3.69. The van der Waals surface area contributed by atoms with Crippen LogP contribution in [0.5, 0.6) is 17.2 Å². The third-order valence-electron chi connectivity index (χ3n) is 5.20. The predicted octanol–water partition coefficient (Wildman–Crippen LogP) is 0.636. The predicted molar refractivity (Wildman–Crippen MR) is 102 cm³/mol. The number of hydrogen-bond acceptors (Lipinski definition) is 3. The number of methoxy groups -OCH3 is 3. The molecule has 0 aromatic heterocycles. The Labute approximate surface area is 156 Å². The van der Waals surface area contributed by atoms with Gasteiger partial charge in [-0.25, -0.2) is 0 Å². The van der Waals surface area contributed by atoms with E-state index in [-0.39, 0.29) is 0 Å². The molecule has 0 saturated carbocycles. The van der Waals surface area contributed by atoms with Crippen molar-refractivity contribution in [2.24, 2.45) is 0 Å². The van der Waals surface area contributed by atoms with E-state index in [1.807, 2.05) is 0 Å². The van der Waals surface area contributed by atoms with E-state index in [0.29, 0.717) is 5.75 Å². The summed E-state index contributed by atoms with van der Waals surface area (Å²) in [4.78, 5) is 3.17. The van der Waals surface area contributed by atoms with Crippen LogP contribution in [0.25, 0.3) is 0 Å².